The highest BCUT2D eigenvalue weighted by atomic mass is 32.1. The highest BCUT2D eigenvalue weighted by Crippen LogP contribution is 2.30. The van der Waals surface area contributed by atoms with Gasteiger partial charge in [0.1, 0.15) is 22.3 Å². The van der Waals surface area contributed by atoms with Crippen molar-refractivity contribution in [2.24, 2.45) is 0 Å². The van der Waals surface area contributed by atoms with Crippen molar-refractivity contribution in [3.63, 3.8) is 0 Å². The van der Waals surface area contributed by atoms with E-state index in [0.717, 1.165) is 22.6 Å². The maximum absolute atomic E-state index is 13.0. The van der Waals surface area contributed by atoms with Gasteiger partial charge in [0.15, 0.2) is 0 Å². The average Bonchev–Trinajstić information content (AvgIpc) is 3.13. The molecule has 0 bridgehead atoms. The number of hydrogen-bond donors (Lipinski definition) is 1. The summed E-state index contributed by atoms with van der Waals surface area (Å²) in [5, 5.41) is 7.42. The Kier molecular flexibility index (Phi) is 4.71. The largest absolute Gasteiger partial charge is 0.361 e. The number of nitrogens with one attached hydrogen (secondary N) is 1. The van der Waals surface area contributed by atoms with Gasteiger partial charge in [0, 0.05) is 17.5 Å². The Labute approximate surface area is 142 Å². The first-order valence-corrected chi connectivity index (χ1v) is 8.33. The monoisotopic (exact) mass is 345 g/mol. The predicted octanol–water partition coefficient (Wildman–Crippen LogP) is 4.13. The van der Waals surface area contributed by atoms with Crippen molar-refractivity contribution in [1.82, 2.24) is 10.1 Å². The molecule has 1 N–H and O–H groups in total. The number of aromatic nitrogens is 2. The topological polar surface area (TPSA) is 68.0 Å². The van der Waals surface area contributed by atoms with Crippen molar-refractivity contribution >= 4 is 22.2 Å². The summed E-state index contributed by atoms with van der Waals surface area (Å²) >= 11 is 1.34. The number of benzene rings is 1. The van der Waals surface area contributed by atoms with Crippen molar-refractivity contribution in [3.8, 4) is 11.3 Å². The zero-order valence-corrected chi connectivity index (χ0v) is 14.1. The molecule has 5 nitrogen and oxygen atoms in total. The molecule has 0 spiro atoms. The predicted molar refractivity (Wildman–Crippen MR) is 90.4 cm³/mol. The van der Waals surface area contributed by atoms with Crippen LogP contribution in [-0.2, 0) is 11.2 Å². The fraction of sp³-hybridized carbons (Fsp3) is 0.235. The lowest BCUT2D eigenvalue weighted by atomic mass is 10.1. The molecule has 124 valence electrons. The zero-order valence-electron chi connectivity index (χ0n) is 13.3. The first kappa shape index (κ1) is 16.3. The lowest BCUT2D eigenvalue weighted by molar-refractivity contribution is -0.116. The Morgan fingerprint density at radius 2 is 2.04 bits per heavy atom. The fourth-order valence-electron chi connectivity index (χ4n) is 2.43. The normalized spacial score (nSPS) is 10.8. The molecule has 0 saturated carbocycles. The molecule has 1 amide bonds. The van der Waals surface area contributed by atoms with E-state index in [9.17, 15) is 9.18 Å². The van der Waals surface area contributed by atoms with Gasteiger partial charge in [0.05, 0.1) is 11.2 Å². The van der Waals surface area contributed by atoms with Gasteiger partial charge in [-0.1, -0.05) is 5.16 Å². The van der Waals surface area contributed by atoms with Gasteiger partial charge in [-0.15, -0.1) is 11.3 Å². The van der Waals surface area contributed by atoms with Crippen LogP contribution in [0.15, 0.2) is 34.3 Å². The van der Waals surface area contributed by atoms with Crippen LogP contribution in [0.5, 0.6) is 0 Å². The third kappa shape index (κ3) is 3.51. The second-order valence-corrected chi connectivity index (χ2v) is 6.24. The molecule has 1 aromatic carbocycles. The highest BCUT2D eigenvalue weighted by Gasteiger charge is 2.14. The van der Waals surface area contributed by atoms with E-state index in [1.54, 1.807) is 17.6 Å². The number of hydrogen-bond acceptors (Lipinski definition) is 5. The molecule has 3 aromatic rings. The van der Waals surface area contributed by atoms with Crippen LogP contribution in [0.2, 0.25) is 0 Å². The number of thiazole rings is 1. The zero-order chi connectivity index (χ0) is 17.1. The minimum Gasteiger partial charge on any atom is -0.361 e. The Morgan fingerprint density at radius 1 is 1.29 bits per heavy atom. The molecular weight excluding hydrogens is 329 g/mol. The number of carbonyl (C=O) groups is 1. The summed E-state index contributed by atoms with van der Waals surface area (Å²) in [5.74, 6) is 0.326. The Morgan fingerprint density at radius 3 is 2.71 bits per heavy atom. The number of rotatable bonds is 5. The maximum atomic E-state index is 13.0. The van der Waals surface area contributed by atoms with Crippen LogP contribution in [0.3, 0.4) is 0 Å². The van der Waals surface area contributed by atoms with Crippen LogP contribution in [0.25, 0.3) is 11.3 Å². The van der Waals surface area contributed by atoms with Crippen LogP contribution in [0.1, 0.15) is 23.4 Å². The first-order chi connectivity index (χ1) is 11.5. The van der Waals surface area contributed by atoms with Gasteiger partial charge in [-0.2, -0.15) is 0 Å². The van der Waals surface area contributed by atoms with Crippen molar-refractivity contribution in [3.05, 3.63) is 52.6 Å². The molecule has 0 atom stereocenters. The third-order valence-electron chi connectivity index (χ3n) is 3.72. The summed E-state index contributed by atoms with van der Waals surface area (Å²) in [5.41, 5.74) is 4.84. The highest BCUT2D eigenvalue weighted by molar-refractivity contribution is 7.14. The summed E-state index contributed by atoms with van der Waals surface area (Å²) in [7, 11) is 0. The Bertz CT molecular complexity index is 836. The maximum Gasteiger partial charge on any atom is 0.225 e. The van der Waals surface area contributed by atoms with E-state index in [1.807, 2.05) is 13.8 Å². The smallest absolute Gasteiger partial charge is 0.225 e. The molecule has 2 heterocycles. The first-order valence-electron chi connectivity index (χ1n) is 7.45. The quantitative estimate of drug-likeness (QED) is 0.755. The van der Waals surface area contributed by atoms with E-state index < -0.39 is 0 Å². The summed E-state index contributed by atoms with van der Waals surface area (Å²) in [6.45, 7) is 3.70. The van der Waals surface area contributed by atoms with Crippen LogP contribution in [0.4, 0.5) is 9.39 Å². The molecule has 0 aliphatic carbocycles. The summed E-state index contributed by atoms with van der Waals surface area (Å²) in [6, 6.07) is 6.03. The van der Waals surface area contributed by atoms with E-state index in [4.69, 9.17) is 4.52 Å². The SMILES string of the molecule is Cc1noc(C)c1CCC(=O)Nc1scnc1-c1ccc(F)cc1. The molecule has 0 aliphatic rings. The average molecular weight is 345 g/mol. The van der Waals surface area contributed by atoms with Crippen LogP contribution in [0, 0.1) is 19.7 Å². The van der Waals surface area contributed by atoms with Gasteiger partial charge in [-0.05, 0) is 44.5 Å². The van der Waals surface area contributed by atoms with E-state index in [-0.39, 0.29) is 11.7 Å². The van der Waals surface area contributed by atoms with Crippen molar-refractivity contribution in [2.75, 3.05) is 5.32 Å². The van der Waals surface area contributed by atoms with E-state index >= 15 is 0 Å². The molecule has 2 aromatic heterocycles. The van der Waals surface area contributed by atoms with Crippen LogP contribution in [-0.4, -0.2) is 16.0 Å². The summed E-state index contributed by atoms with van der Waals surface area (Å²) in [4.78, 5) is 16.5. The Hall–Kier alpha value is -2.54. The lowest BCUT2D eigenvalue weighted by Gasteiger charge is -2.06. The second kappa shape index (κ2) is 6.92. The number of halogens is 1. The van der Waals surface area contributed by atoms with Crippen LogP contribution < -0.4 is 5.32 Å². The van der Waals surface area contributed by atoms with E-state index in [0.29, 0.717) is 23.5 Å². The van der Waals surface area contributed by atoms with E-state index in [1.165, 1.54) is 23.5 Å². The molecule has 0 aliphatic heterocycles. The van der Waals surface area contributed by atoms with Crippen molar-refractivity contribution < 1.29 is 13.7 Å². The standard InChI is InChI=1S/C17H16FN3O2S/c1-10-14(11(2)23-21-10)7-8-15(22)20-17-16(19-9-24-17)12-3-5-13(18)6-4-12/h3-6,9H,7-8H2,1-2H3,(H,20,22). The van der Waals surface area contributed by atoms with Gasteiger partial charge in [0.25, 0.3) is 0 Å². The third-order valence-corrected chi connectivity index (χ3v) is 4.46. The molecule has 7 heteroatoms. The van der Waals surface area contributed by atoms with Gasteiger partial charge in [0.2, 0.25) is 5.91 Å². The van der Waals surface area contributed by atoms with Gasteiger partial charge in [-0.3, -0.25) is 4.79 Å². The molecular formula is C17H16FN3O2S. The number of amides is 1. The van der Waals surface area contributed by atoms with Gasteiger partial charge >= 0.3 is 0 Å². The molecule has 24 heavy (non-hydrogen) atoms. The molecule has 0 fully saturated rings. The van der Waals surface area contributed by atoms with Gasteiger partial charge in [-0.25, -0.2) is 9.37 Å². The van der Waals surface area contributed by atoms with Crippen molar-refractivity contribution in [1.29, 1.82) is 0 Å². The summed E-state index contributed by atoms with van der Waals surface area (Å²) in [6.07, 6.45) is 0.890. The minimum absolute atomic E-state index is 0.109. The fourth-order valence-corrected chi connectivity index (χ4v) is 3.15. The number of anilines is 1. The van der Waals surface area contributed by atoms with Crippen LogP contribution >= 0.6 is 11.3 Å². The number of nitrogens with zero attached hydrogens (tertiary/aromatic N) is 2. The lowest BCUT2D eigenvalue weighted by Crippen LogP contribution is -2.12. The minimum atomic E-state index is -0.306. The van der Waals surface area contributed by atoms with Gasteiger partial charge < -0.3 is 9.84 Å². The van der Waals surface area contributed by atoms with Crippen molar-refractivity contribution in [2.45, 2.75) is 26.7 Å². The molecule has 0 saturated heterocycles. The number of aryl methyl sites for hydroxylation is 2. The molecule has 3 rings (SSSR count). The van der Waals surface area contributed by atoms with E-state index in [2.05, 4.69) is 15.5 Å². The summed E-state index contributed by atoms with van der Waals surface area (Å²) < 4.78 is 18.1. The number of carbonyl (C=O) groups excluding carboxylic acids is 1. The Balaban J connectivity index is 1.67. The molecule has 0 unspecified atom stereocenters. The second-order valence-electron chi connectivity index (χ2n) is 5.39. The molecule has 0 radical (unpaired) electrons.